The van der Waals surface area contributed by atoms with E-state index in [-0.39, 0.29) is 17.0 Å². The fourth-order valence-corrected chi connectivity index (χ4v) is 4.45. The Hall–Kier alpha value is -2.93. The molecular weight excluding hydrogens is 408 g/mol. The molecular formula is C22H17ClN2O3S. The fraction of sp³-hybridized carbons (Fsp3) is 0.0455. The van der Waals surface area contributed by atoms with Gasteiger partial charge in [-0.05, 0) is 29.8 Å². The Bertz CT molecular complexity index is 1340. The van der Waals surface area contributed by atoms with Crippen LogP contribution in [0.15, 0.2) is 88.6 Å². The van der Waals surface area contributed by atoms with Crippen LogP contribution in [-0.4, -0.2) is 13.4 Å². The molecule has 1 aromatic heterocycles. The number of rotatable bonds is 5. The highest BCUT2D eigenvalue weighted by Gasteiger charge is 2.19. The first-order chi connectivity index (χ1) is 14.0. The van der Waals surface area contributed by atoms with E-state index < -0.39 is 10.0 Å². The Kier molecular flexibility index (Phi) is 5.24. The summed E-state index contributed by atoms with van der Waals surface area (Å²) in [5.41, 5.74) is 2.06. The molecule has 0 fully saturated rings. The van der Waals surface area contributed by atoms with Crippen LogP contribution in [0.3, 0.4) is 0 Å². The molecule has 0 amide bonds. The Labute approximate surface area is 173 Å². The number of aromatic nitrogens is 1. The molecule has 0 spiro atoms. The van der Waals surface area contributed by atoms with Gasteiger partial charge in [0.25, 0.3) is 5.56 Å². The van der Waals surface area contributed by atoms with Gasteiger partial charge in [0.15, 0.2) is 0 Å². The molecule has 0 saturated heterocycles. The average Bonchev–Trinajstić information content (AvgIpc) is 2.73. The number of pyridine rings is 1. The van der Waals surface area contributed by atoms with Crippen molar-refractivity contribution >= 4 is 32.5 Å². The van der Waals surface area contributed by atoms with E-state index in [1.165, 1.54) is 12.1 Å². The third-order valence-electron chi connectivity index (χ3n) is 4.63. The van der Waals surface area contributed by atoms with Gasteiger partial charge >= 0.3 is 0 Å². The molecule has 1 heterocycles. The van der Waals surface area contributed by atoms with Crippen molar-refractivity contribution in [3.8, 4) is 11.1 Å². The van der Waals surface area contributed by atoms with Gasteiger partial charge in [-0.2, -0.15) is 0 Å². The van der Waals surface area contributed by atoms with E-state index in [0.29, 0.717) is 21.7 Å². The normalized spacial score (nSPS) is 11.6. The number of aromatic amines is 1. The van der Waals surface area contributed by atoms with Crippen LogP contribution in [-0.2, 0) is 16.6 Å². The van der Waals surface area contributed by atoms with E-state index in [1.54, 1.807) is 30.3 Å². The Morgan fingerprint density at radius 3 is 2.24 bits per heavy atom. The molecule has 7 heteroatoms. The fourth-order valence-electron chi connectivity index (χ4n) is 3.27. The molecule has 0 atom stereocenters. The quantitative estimate of drug-likeness (QED) is 0.500. The summed E-state index contributed by atoms with van der Waals surface area (Å²) in [6.07, 6.45) is 0. The van der Waals surface area contributed by atoms with Crippen molar-refractivity contribution in [3.63, 3.8) is 0 Å². The zero-order chi connectivity index (χ0) is 20.4. The smallest absolute Gasteiger partial charge is 0.253 e. The molecule has 5 nitrogen and oxygen atoms in total. The SMILES string of the molecule is O=c1[nH]c2cc(Cl)ccc2c(-c2ccccc2)c1CNS(=O)(=O)c1ccccc1. The molecule has 0 saturated carbocycles. The maximum absolute atomic E-state index is 12.9. The standard InChI is InChI=1S/C22H17ClN2O3S/c23-16-11-12-18-20(13-16)25-22(26)19(21(18)15-7-3-1-4-8-15)14-24-29(27,28)17-9-5-2-6-10-17/h1-13,24H,14H2,(H,25,26). The number of fused-ring (bicyclic) bond motifs is 1. The van der Waals surface area contributed by atoms with Gasteiger partial charge in [0.05, 0.1) is 10.4 Å². The summed E-state index contributed by atoms with van der Waals surface area (Å²) < 4.78 is 27.8. The number of nitrogens with one attached hydrogen (secondary N) is 2. The second kappa shape index (κ2) is 7.83. The lowest BCUT2D eigenvalue weighted by molar-refractivity contribution is 0.581. The monoisotopic (exact) mass is 424 g/mol. The number of hydrogen-bond donors (Lipinski definition) is 2. The predicted molar refractivity (Wildman–Crippen MR) is 115 cm³/mol. The third kappa shape index (κ3) is 3.96. The first kappa shape index (κ1) is 19.4. The van der Waals surface area contributed by atoms with Gasteiger partial charge in [-0.15, -0.1) is 0 Å². The zero-order valence-corrected chi connectivity index (χ0v) is 16.8. The molecule has 0 bridgehead atoms. The highest BCUT2D eigenvalue weighted by Crippen LogP contribution is 2.31. The van der Waals surface area contributed by atoms with Gasteiger partial charge in [-0.1, -0.05) is 66.2 Å². The van der Waals surface area contributed by atoms with Crippen LogP contribution in [0, 0.1) is 0 Å². The number of hydrogen-bond acceptors (Lipinski definition) is 3. The van der Waals surface area contributed by atoms with E-state index >= 15 is 0 Å². The highest BCUT2D eigenvalue weighted by molar-refractivity contribution is 7.89. The zero-order valence-electron chi connectivity index (χ0n) is 15.2. The molecule has 4 rings (SSSR count). The van der Waals surface area contributed by atoms with Crippen molar-refractivity contribution in [1.29, 1.82) is 0 Å². The van der Waals surface area contributed by atoms with E-state index in [1.807, 2.05) is 36.4 Å². The van der Waals surface area contributed by atoms with Crippen LogP contribution in [0.25, 0.3) is 22.0 Å². The molecule has 0 aliphatic rings. The van der Waals surface area contributed by atoms with Crippen molar-refractivity contribution in [2.75, 3.05) is 0 Å². The van der Waals surface area contributed by atoms with Crippen LogP contribution in [0.1, 0.15) is 5.56 Å². The maximum atomic E-state index is 12.9. The van der Waals surface area contributed by atoms with Gasteiger partial charge in [0.1, 0.15) is 0 Å². The first-order valence-corrected chi connectivity index (χ1v) is 10.8. The molecule has 2 N–H and O–H groups in total. The van der Waals surface area contributed by atoms with Crippen LogP contribution < -0.4 is 10.3 Å². The van der Waals surface area contributed by atoms with Gasteiger partial charge in [0, 0.05) is 28.1 Å². The summed E-state index contributed by atoms with van der Waals surface area (Å²) in [5.74, 6) is 0. The second-order valence-electron chi connectivity index (χ2n) is 6.50. The highest BCUT2D eigenvalue weighted by atomic mass is 35.5. The molecule has 3 aromatic carbocycles. The number of H-pyrrole nitrogens is 1. The van der Waals surface area contributed by atoms with Crippen LogP contribution in [0.4, 0.5) is 0 Å². The maximum Gasteiger partial charge on any atom is 0.253 e. The lowest BCUT2D eigenvalue weighted by Gasteiger charge is -2.14. The van der Waals surface area contributed by atoms with Crippen LogP contribution in [0.5, 0.6) is 0 Å². The summed E-state index contributed by atoms with van der Waals surface area (Å²) in [6, 6.07) is 22.7. The van der Waals surface area contributed by atoms with Gasteiger partial charge in [0.2, 0.25) is 10.0 Å². The lowest BCUT2D eigenvalue weighted by atomic mass is 9.96. The summed E-state index contributed by atoms with van der Waals surface area (Å²) in [4.78, 5) is 15.8. The second-order valence-corrected chi connectivity index (χ2v) is 8.70. The topological polar surface area (TPSA) is 79.0 Å². The summed E-state index contributed by atoms with van der Waals surface area (Å²) in [5, 5.41) is 1.29. The number of halogens is 1. The first-order valence-electron chi connectivity index (χ1n) is 8.90. The van der Waals surface area contributed by atoms with Gasteiger partial charge in [-0.25, -0.2) is 13.1 Å². The largest absolute Gasteiger partial charge is 0.322 e. The lowest BCUT2D eigenvalue weighted by Crippen LogP contribution is -2.27. The summed E-state index contributed by atoms with van der Waals surface area (Å²) in [7, 11) is -3.76. The van der Waals surface area contributed by atoms with Crippen molar-refractivity contribution in [3.05, 3.63) is 99.8 Å². The minimum Gasteiger partial charge on any atom is -0.322 e. The third-order valence-corrected chi connectivity index (χ3v) is 6.28. The molecule has 146 valence electrons. The van der Waals surface area contributed by atoms with Crippen LogP contribution >= 0.6 is 11.6 Å². The van der Waals surface area contributed by atoms with Crippen molar-refractivity contribution < 1.29 is 8.42 Å². The van der Waals surface area contributed by atoms with E-state index in [9.17, 15) is 13.2 Å². The summed E-state index contributed by atoms with van der Waals surface area (Å²) >= 11 is 6.08. The van der Waals surface area contributed by atoms with Crippen molar-refractivity contribution in [1.82, 2.24) is 9.71 Å². The van der Waals surface area contributed by atoms with E-state index in [0.717, 1.165) is 10.9 Å². The molecule has 29 heavy (non-hydrogen) atoms. The number of sulfonamides is 1. The Balaban J connectivity index is 1.85. The van der Waals surface area contributed by atoms with Crippen molar-refractivity contribution in [2.24, 2.45) is 0 Å². The Morgan fingerprint density at radius 2 is 1.55 bits per heavy atom. The molecule has 0 radical (unpaired) electrons. The summed E-state index contributed by atoms with van der Waals surface area (Å²) in [6.45, 7) is -0.143. The minimum absolute atomic E-state index is 0.143. The molecule has 0 unspecified atom stereocenters. The average molecular weight is 425 g/mol. The number of benzene rings is 3. The molecule has 0 aliphatic carbocycles. The van der Waals surface area contributed by atoms with E-state index in [2.05, 4.69) is 9.71 Å². The Morgan fingerprint density at radius 1 is 0.897 bits per heavy atom. The predicted octanol–water partition coefficient (Wildman–Crippen LogP) is 4.33. The van der Waals surface area contributed by atoms with Crippen LogP contribution in [0.2, 0.25) is 5.02 Å². The van der Waals surface area contributed by atoms with Crippen molar-refractivity contribution in [2.45, 2.75) is 11.4 Å². The van der Waals surface area contributed by atoms with Gasteiger partial charge < -0.3 is 4.98 Å². The van der Waals surface area contributed by atoms with E-state index in [4.69, 9.17) is 11.6 Å². The molecule has 0 aliphatic heterocycles. The van der Waals surface area contributed by atoms with Gasteiger partial charge in [-0.3, -0.25) is 4.79 Å². The minimum atomic E-state index is -3.76. The molecule has 4 aromatic rings.